The molecule has 0 aliphatic rings. The molecule has 17 heavy (non-hydrogen) atoms. The van der Waals surface area contributed by atoms with Gasteiger partial charge in [0.1, 0.15) is 0 Å². The van der Waals surface area contributed by atoms with Crippen LogP contribution in [0.5, 0.6) is 0 Å². The maximum absolute atomic E-state index is 11.9. The van der Waals surface area contributed by atoms with E-state index in [-0.39, 0.29) is 5.91 Å². The van der Waals surface area contributed by atoms with Gasteiger partial charge in [-0.15, -0.1) is 11.3 Å². The van der Waals surface area contributed by atoms with Crippen LogP contribution in [0.15, 0.2) is 37.9 Å². The fourth-order valence-corrected chi connectivity index (χ4v) is 2.75. The Labute approximate surface area is 119 Å². The van der Waals surface area contributed by atoms with Crippen molar-refractivity contribution in [2.24, 2.45) is 0 Å². The SMILES string of the molecule is Nc1ccc(NC(=O)c2csc(Br)c2)cc1Br. The third-order valence-electron chi connectivity index (χ3n) is 2.09. The predicted molar refractivity (Wildman–Crippen MR) is 78.5 cm³/mol. The van der Waals surface area contributed by atoms with E-state index in [1.807, 2.05) is 0 Å². The highest BCUT2D eigenvalue weighted by Gasteiger charge is 2.08. The van der Waals surface area contributed by atoms with Gasteiger partial charge < -0.3 is 11.1 Å². The zero-order chi connectivity index (χ0) is 12.4. The number of anilines is 2. The van der Waals surface area contributed by atoms with Gasteiger partial charge in [0, 0.05) is 21.2 Å². The minimum absolute atomic E-state index is 0.136. The Morgan fingerprint density at radius 2 is 2.06 bits per heavy atom. The summed E-state index contributed by atoms with van der Waals surface area (Å²) in [6.07, 6.45) is 0. The first-order chi connectivity index (χ1) is 8.06. The molecule has 0 aliphatic carbocycles. The van der Waals surface area contributed by atoms with Crippen molar-refractivity contribution in [2.75, 3.05) is 11.1 Å². The molecule has 0 unspecified atom stereocenters. The first kappa shape index (κ1) is 12.6. The van der Waals surface area contributed by atoms with E-state index in [4.69, 9.17) is 5.73 Å². The van der Waals surface area contributed by atoms with Gasteiger partial charge in [-0.25, -0.2) is 0 Å². The van der Waals surface area contributed by atoms with Crippen LogP contribution in [0.4, 0.5) is 11.4 Å². The highest BCUT2D eigenvalue weighted by Crippen LogP contribution is 2.25. The topological polar surface area (TPSA) is 55.1 Å². The molecule has 0 spiro atoms. The van der Waals surface area contributed by atoms with Gasteiger partial charge in [0.25, 0.3) is 5.91 Å². The molecule has 1 amide bonds. The minimum atomic E-state index is -0.136. The van der Waals surface area contributed by atoms with Gasteiger partial charge in [0.05, 0.1) is 9.35 Å². The summed E-state index contributed by atoms with van der Waals surface area (Å²) in [4.78, 5) is 11.9. The van der Waals surface area contributed by atoms with Crippen molar-refractivity contribution in [3.63, 3.8) is 0 Å². The number of thiophene rings is 1. The molecule has 1 heterocycles. The Kier molecular flexibility index (Phi) is 3.86. The van der Waals surface area contributed by atoms with Gasteiger partial charge in [-0.05, 0) is 56.1 Å². The molecule has 0 saturated carbocycles. The van der Waals surface area contributed by atoms with E-state index in [9.17, 15) is 4.79 Å². The lowest BCUT2D eigenvalue weighted by molar-refractivity contribution is 0.102. The highest BCUT2D eigenvalue weighted by atomic mass is 79.9. The molecule has 1 aromatic carbocycles. The van der Waals surface area contributed by atoms with E-state index in [1.165, 1.54) is 11.3 Å². The number of nitrogens with two attached hydrogens (primary N) is 1. The van der Waals surface area contributed by atoms with E-state index >= 15 is 0 Å². The number of amides is 1. The maximum Gasteiger partial charge on any atom is 0.256 e. The van der Waals surface area contributed by atoms with Gasteiger partial charge in [-0.1, -0.05) is 0 Å². The quantitative estimate of drug-likeness (QED) is 0.776. The normalized spacial score (nSPS) is 10.2. The van der Waals surface area contributed by atoms with E-state index in [2.05, 4.69) is 37.2 Å². The Morgan fingerprint density at radius 1 is 1.29 bits per heavy atom. The van der Waals surface area contributed by atoms with Crippen molar-refractivity contribution in [1.29, 1.82) is 0 Å². The molecular formula is C11H8Br2N2OS. The molecule has 2 rings (SSSR count). The average Bonchev–Trinajstić information content (AvgIpc) is 2.70. The summed E-state index contributed by atoms with van der Waals surface area (Å²) in [5, 5.41) is 4.60. The highest BCUT2D eigenvalue weighted by molar-refractivity contribution is 9.11. The molecule has 6 heteroatoms. The molecule has 88 valence electrons. The molecule has 3 N–H and O–H groups in total. The molecule has 0 saturated heterocycles. The average molecular weight is 376 g/mol. The number of carbonyl (C=O) groups excluding carboxylic acids is 1. The van der Waals surface area contributed by atoms with Gasteiger partial charge in [-0.3, -0.25) is 4.79 Å². The first-order valence-corrected chi connectivity index (χ1v) is 7.13. The summed E-state index contributed by atoms with van der Waals surface area (Å²) in [6.45, 7) is 0. The third-order valence-corrected chi connectivity index (χ3v) is 4.28. The Balaban J connectivity index is 2.15. The lowest BCUT2D eigenvalue weighted by atomic mass is 10.2. The van der Waals surface area contributed by atoms with Crippen LogP contribution in [0.2, 0.25) is 0 Å². The lowest BCUT2D eigenvalue weighted by Crippen LogP contribution is -2.10. The zero-order valence-electron chi connectivity index (χ0n) is 8.54. The maximum atomic E-state index is 11.9. The number of halogens is 2. The van der Waals surface area contributed by atoms with Crippen molar-refractivity contribution in [3.8, 4) is 0 Å². The van der Waals surface area contributed by atoms with E-state index < -0.39 is 0 Å². The lowest BCUT2D eigenvalue weighted by Gasteiger charge is -2.05. The number of carbonyl (C=O) groups is 1. The van der Waals surface area contributed by atoms with E-state index in [1.54, 1.807) is 29.6 Å². The molecular weight excluding hydrogens is 368 g/mol. The van der Waals surface area contributed by atoms with Gasteiger partial charge in [-0.2, -0.15) is 0 Å². The number of rotatable bonds is 2. The van der Waals surface area contributed by atoms with Gasteiger partial charge >= 0.3 is 0 Å². The second kappa shape index (κ2) is 5.20. The number of nitrogens with one attached hydrogen (secondary N) is 1. The Hall–Kier alpha value is -0.850. The molecule has 0 aliphatic heterocycles. The second-order valence-corrected chi connectivity index (χ2v) is 6.47. The summed E-state index contributed by atoms with van der Waals surface area (Å²) < 4.78 is 1.70. The summed E-state index contributed by atoms with van der Waals surface area (Å²) >= 11 is 8.11. The van der Waals surface area contributed by atoms with Gasteiger partial charge in [0.15, 0.2) is 0 Å². The summed E-state index contributed by atoms with van der Waals surface area (Å²) in [6, 6.07) is 7.06. The van der Waals surface area contributed by atoms with Crippen LogP contribution in [-0.2, 0) is 0 Å². The van der Waals surface area contributed by atoms with Crippen molar-refractivity contribution in [3.05, 3.63) is 43.5 Å². The summed E-state index contributed by atoms with van der Waals surface area (Å²) in [5.74, 6) is -0.136. The molecule has 0 radical (unpaired) electrons. The Morgan fingerprint density at radius 3 is 2.65 bits per heavy atom. The molecule has 0 bridgehead atoms. The van der Waals surface area contributed by atoms with Crippen LogP contribution < -0.4 is 11.1 Å². The van der Waals surface area contributed by atoms with Crippen LogP contribution in [0.25, 0.3) is 0 Å². The van der Waals surface area contributed by atoms with Crippen LogP contribution in [0.1, 0.15) is 10.4 Å². The third kappa shape index (κ3) is 3.08. The van der Waals surface area contributed by atoms with E-state index in [0.29, 0.717) is 16.9 Å². The number of benzene rings is 1. The van der Waals surface area contributed by atoms with Crippen LogP contribution >= 0.6 is 43.2 Å². The van der Waals surface area contributed by atoms with Crippen molar-refractivity contribution < 1.29 is 4.79 Å². The van der Waals surface area contributed by atoms with E-state index in [0.717, 1.165) is 8.26 Å². The minimum Gasteiger partial charge on any atom is -0.398 e. The van der Waals surface area contributed by atoms with Crippen LogP contribution in [-0.4, -0.2) is 5.91 Å². The fourth-order valence-electron chi connectivity index (χ4n) is 1.24. The fraction of sp³-hybridized carbons (Fsp3) is 0. The molecule has 0 fully saturated rings. The second-order valence-electron chi connectivity index (χ2n) is 3.33. The Bertz CT molecular complexity index is 568. The molecule has 2 aromatic rings. The predicted octanol–water partition coefficient (Wildman–Crippen LogP) is 4.11. The number of hydrogen-bond donors (Lipinski definition) is 2. The number of nitrogen functional groups attached to an aromatic ring is 1. The molecule has 0 atom stereocenters. The van der Waals surface area contributed by atoms with Gasteiger partial charge in [0.2, 0.25) is 0 Å². The standard InChI is InChI=1S/C11H8Br2N2OS/c12-8-4-7(1-2-9(8)14)15-11(16)6-3-10(13)17-5-6/h1-5H,14H2,(H,15,16). The zero-order valence-corrected chi connectivity index (χ0v) is 12.5. The summed E-state index contributed by atoms with van der Waals surface area (Å²) in [5.41, 5.74) is 7.65. The monoisotopic (exact) mass is 374 g/mol. The van der Waals surface area contributed by atoms with Crippen molar-refractivity contribution in [2.45, 2.75) is 0 Å². The van der Waals surface area contributed by atoms with Crippen molar-refractivity contribution in [1.82, 2.24) is 0 Å². The first-order valence-electron chi connectivity index (χ1n) is 4.66. The van der Waals surface area contributed by atoms with Crippen molar-refractivity contribution >= 4 is 60.5 Å². The van der Waals surface area contributed by atoms with Crippen LogP contribution in [0.3, 0.4) is 0 Å². The smallest absolute Gasteiger partial charge is 0.256 e. The van der Waals surface area contributed by atoms with Crippen LogP contribution in [0, 0.1) is 0 Å². The molecule has 3 nitrogen and oxygen atoms in total. The molecule has 1 aromatic heterocycles. The summed E-state index contributed by atoms with van der Waals surface area (Å²) in [7, 11) is 0. The number of hydrogen-bond acceptors (Lipinski definition) is 3. The largest absolute Gasteiger partial charge is 0.398 e.